The molecule has 0 saturated heterocycles. The lowest BCUT2D eigenvalue weighted by atomic mass is 10.1. The molecule has 0 spiro atoms. The largest absolute Gasteiger partial charge is 0.384 e. The first-order valence-electron chi connectivity index (χ1n) is 12.0. The average Bonchev–Trinajstić information content (AvgIpc) is 2.86. The first-order valence-corrected chi connectivity index (χ1v) is 12.0. The summed E-state index contributed by atoms with van der Waals surface area (Å²) in [6, 6.07) is 34.7. The zero-order chi connectivity index (χ0) is 26.1. The molecule has 0 bridgehead atoms. The minimum Gasteiger partial charge on any atom is -0.384 e. The van der Waals surface area contributed by atoms with Gasteiger partial charge in [0.15, 0.2) is 0 Å². The van der Waals surface area contributed by atoms with Gasteiger partial charge in [-0.3, -0.25) is 5.41 Å². The minimum absolute atomic E-state index is 0.125. The fourth-order valence-corrected chi connectivity index (χ4v) is 2.93. The Morgan fingerprint density at radius 1 is 0.600 bits per heavy atom. The average molecular weight is 468 g/mol. The van der Waals surface area contributed by atoms with E-state index in [2.05, 4.69) is 76.2 Å². The molecular formula is C32H41N3. The van der Waals surface area contributed by atoms with Crippen LogP contribution in [0.2, 0.25) is 0 Å². The fraction of sp³-hybridized carbons (Fsp3) is 0.219. The second-order valence-electron chi connectivity index (χ2n) is 8.47. The third-order valence-corrected chi connectivity index (χ3v) is 5.15. The Kier molecular flexibility index (Phi) is 14.1. The van der Waals surface area contributed by atoms with Crippen LogP contribution in [0.25, 0.3) is 0 Å². The summed E-state index contributed by atoms with van der Waals surface area (Å²) in [5.41, 5.74) is 19.2. The van der Waals surface area contributed by atoms with Gasteiger partial charge in [0.05, 0.1) is 0 Å². The monoisotopic (exact) mass is 467 g/mol. The van der Waals surface area contributed by atoms with Crippen molar-refractivity contribution in [1.82, 2.24) is 0 Å². The highest BCUT2D eigenvalue weighted by Crippen LogP contribution is 2.03. The van der Waals surface area contributed by atoms with Crippen molar-refractivity contribution in [3.8, 4) is 0 Å². The maximum atomic E-state index is 7.08. The molecule has 3 heteroatoms. The van der Waals surface area contributed by atoms with Gasteiger partial charge in [0.25, 0.3) is 0 Å². The van der Waals surface area contributed by atoms with Crippen LogP contribution in [0.15, 0.2) is 103 Å². The molecule has 5 N–H and O–H groups in total. The van der Waals surface area contributed by atoms with E-state index >= 15 is 0 Å². The third kappa shape index (κ3) is 13.6. The maximum absolute atomic E-state index is 7.08. The van der Waals surface area contributed by atoms with E-state index in [1.165, 1.54) is 33.4 Å². The van der Waals surface area contributed by atoms with Crippen molar-refractivity contribution in [2.75, 3.05) is 0 Å². The predicted octanol–water partition coefficient (Wildman–Crippen LogP) is 7.29. The number of hydrogen-bond donors (Lipinski definition) is 3. The number of nitrogens with two attached hydrogens (primary N) is 2. The lowest BCUT2D eigenvalue weighted by molar-refractivity contribution is 1.07. The summed E-state index contributed by atoms with van der Waals surface area (Å²) in [6.45, 7) is 11.1. The van der Waals surface area contributed by atoms with Gasteiger partial charge in [-0.25, -0.2) is 0 Å². The molecule has 0 saturated carbocycles. The standard InChI is InChI=1S/C9H12.C8H10N2.C8H11N.C7H8/c1-3-9-6-4-8(2)5-7-9;1-6-2-4-7(5-3-6)8(9)10;1-7-3-2-4-8(5-7)6-9;1-7-5-3-2-4-6-7/h4-7H,3H2,1-2H3;2-5H,1H3,(H3,9,10);2-5H,6,9H2,1H3;2-6H,1H3. The molecule has 0 amide bonds. The van der Waals surface area contributed by atoms with Gasteiger partial charge in [-0.05, 0) is 45.2 Å². The van der Waals surface area contributed by atoms with Gasteiger partial charge in [-0.2, -0.15) is 0 Å². The number of nitrogen functional groups attached to an aromatic ring is 1. The van der Waals surface area contributed by atoms with Gasteiger partial charge in [0, 0.05) is 12.1 Å². The molecule has 0 unspecified atom stereocenters. The molecule has 4 aromatic rings. The lowest BCUT2D eigenvalue weighted by Crippen LogP contribution is -2.10. The van der Waals surface area contributed by atoms with Crippen molar-refractivity contribution in [3.05, 3.63) is 142 Å². The van der Waals surface area contributed by atoms with E-state index in [0.29, 0.717) is 6.54 Å². The molecular weight excluding hydrogens is 426 g/mol. The highest BCUT2D eigenvalue weighted by Gasteiger charge is 1.92. The molecule has 3 nitrogen and oxygen atoms in total. The molecule has 35 heavy (non-hydrogen) atoms. The van der Waals surface area contributed by atoms with Crippen LogP contribution in [0.4, 0.5) is 0 Å². The molecule has 0 fully saturated rings. The van der Waals surface area contributed by atoms with Crippen LogP contribution in [-0.4, -0.2) is 5.84 Å². The molecule has 0 heterocycles. The second kappa shape index (κ2) is 16.9. The molecule has 4 rings (SSSR count). The highest BCUT2D eigenvalue weighted by molar-refractivity contribution is 5.94. The van der Waals surface area contributed by atoms with Crippen LogP contribution in [0.5, 0.6) is 0 Å². The van der Waals surface area contributed by atoms with E-state index in [0.717, 1.165) is 12.0 Å². The van der Waals surface area contributed by atoms with Crippen LogP contribution >= 0.6 is 0 Å². The smallest absolute Gasteiger partial charge is 0.122 e. The van der Waals surface area contributed by atoms with Gasteiger partial charge in [-0.15, -0.1) is 0 Å². The van der Waals surface area contributed by atoms with Crippen molar-refractivity contribution < 1.29 is 0 Å². The SMILES string of the molecule is CCc1ccc(C)cc1.Cc1ccc(C(=N)N)cc1.Cc1cccc(CN)c1.Cc1ccccc1. The number of hydrogen-bond acceptors (Lipinski definition) is 2. The van der Waals surface area contributed by atoms with Gasteiger partial charge in [0.1, 0.15) is 5.84 Å². The second-order valence-corrected chi connectivity index (χ2v) is 8.47. The summed E-state index contributed by atoms with van der Waals surface area (Å²) in [5, 5.41) is 7.08. The fourth-order valence-electron chi connectivity index (χ4n) is 2.93. The van der Waals surface area contributed by atoms with Crippen molar-refractivity contribution >= 4 is 5.84 Å². The van der Waals surface area contributed by atoms with E-state index in [-0.39, 0.29) is 5.84 Å². The Morgan fingerprint density at radius 2 is 1.09 bits per heavy atom. The first kappa shape index (κ1) is 29.3. The molecule has 0 aliphatic heterocycles. The van der Waals surface area contributed by atoms with Gasteiger partial charge in [-0.1, -0.05) is 132 Å². The first-order chi connectivity index (χ1) is 16.7. The van der Waals surface area contributed by atoms with Crippen LogP contribution < -0.4 is 11.5 Å². The number of nitrogens with one attached hydrogen (secondary N) is 1. The Labute approximate surface area is 212 Å². The Bertz CT molecular complexity index is 1100. The van der Waals surface area contributed by atoms with E-state index in [1.807, 2.05) is 61.5 Å². The highest BCUT2D eigenvalue weighted by atomic mass is 14.7. The molecule has 0 aromatic heterocycles. The summed E-state index contributed by atoms with van der Waals surface area (Å²) >= 11 is 0. The molecule has 0 atom stereocenters. The van der Waals surface area contributed by atoms with Crippen LogP contribution in [0.3, 0.4) is 0 Å². The topological polar surface area (TPSA) is 75.9 Å². The molecule has 0 radical (unpaired) electrons. The molecule has 0 aliphatic rings. The summed E-state index contributed by atoms with van der Waals surface area (Å²) in [4.78, 5) is 0. The van der Waals surface area contributed by atoms with E-state index in [9.17, 15) is 0 Å². The summed E-state index contributed by atoms with van der Waals surface area (Å²) in [6.07, 6.45) is 1.14. The molecule has 4 aromatic carbocycles. The zero-order valence-electron chi connectivity index (χ0n) is 21.9. The summed E-state index contributed by atoms with van der Waals surface area (Å²) in [5.74, 6) is 0.125. The van der Waals surface area contributed by atoms with E-state index in [1.54, 1.807) is 0 Å². The maximum Gasteiger partial charge on any atom is 0.122 e. The Morgan fingerprint density at radius 3 is 1.46 bits per heavy atom. The van der Waals surface area contributed by atoms with Gasteiger partial charge in [0.2, 0.25) is 0 Å². The zero-order valence-corrected chi connectivity index (χ0v) is 21.9. The number of benzene rings is 4. The van der Waals surface area contributed by atoms with Crippen LogP contribution in [0, 0.1) is 33.1 Å². The number of rotatable bonds is 3. The van der Waals surface area contributed by atoms with Crippen LogP contribution in [-0.2, 0) is 13.0 Å². The minimum atomic E-state index is 0.125. The summed E-state index contributed by atoms with van der Waals surface area (Å²) in [7, 11) is 0. The van der Waals surface area contributed by atoms with E-state index in [4.69, 9.17) is 16.9 Å². The number of aryl methyl sites for hydroxylation is 5. The van der Waals surface area contributed by atoms with Gasteiger partial charge >= 0.3 is 0 Å². The molecule has 0 aliphatic carbocycles. The Balaban J connectivity index is 0.000000235. The van der Waals surface area contributed by atoms with Crippen molar-refractivity contribution in [1.29, 1.82) is 5.41 Å². The van der Waals surface area contributed by atoms with Crippen molar-refractivity contribution in [2.24, 2.45) is 11.5 Å². The predicted molar refractivity (Wildman–Crippen MR) is 153 cm³/mol. The lowest BCUT2D eigenvalue weighted by Gasteiger charge is -1.96. The van der Waals surface area contributed by atoms with Crippen molar-refractivity contribution in [2.45, 2.75) is 47.6 Å². The van der Waals surface area contributed by atoms with E-state index < -0.39 is 0 Å². The summed E-state index contributed by atoms with van der Waals surface area (Å²) < 4.78 is 0. The quantitative estimate of drug-likeness (QED) is 0.219. The van der Waals surface area contributed by atoms with Gasteiger partial charge < -0.3 is 11.5 Å². The normalized spacial score (nSPS) is 9.31. The number of amidine groups is 1. The van der Waals surface area contributed by atoms with Crippen molar-refractivity contribution in [3.63, 3.8) is 0 Å². The molecule has 184 valence electrons. The van der Waals surface area contributed by atoms with Crippen LogP contribution in [0.1, 0.15) is 45.9 Å². The Hall–Kier alpha value is -3.69. The third-order valence-electron chi connectivity index (χ3n) is 5.15.